The maximum Gasteiger partial charge on any atom is -0.00447 e. The van der Waals surface area contributed by atoms with E-state index in [0.29, 0.717) is 0 Å². The monoisotopic (exact) mass is 111 g/mol. The largest absolute Gasteiger partial charge is 0.313 e. The van der Waals surface area contributed by atoms with Gasteiger partial charge in [0.2, 0.25) is 0 Å². The van der Waals surface area contributed by atoms with Crippen molar-refractivity contribution < 1.29 is 0 Å². The zero-order chi connectivity index (χ0) is 6.24. The van der Waals surface area contributed by atoms with E-state index in [0.717, 1.165) is 19.3 Å². The summed E-state index contributed by atoms with van der Waals surface area (Å²) in [5.41, 5.74) is 0. The second-order valence-electron chi connectivity index (χ2n) is 1.66. The molecule has 0 saturated heterocycles. The van der Waals surface area contributed by atoms with Crippen LogP contribution in [-0.4, -0.2) is 6.21 Å². The molecule has 0 atom stereocenters. The molecule has 0 aliphatic rings. The third-order valence-corrected chi connectivity index (χ3v) is 0.880. The Kier molecular flexibility index (Phi) is 5.94. The summed E-state index contributed by atoms with van der Waals surface area (Å²) in [5, 5.41) is 6.68. The molecule has 0 fully saturated rings. The van der Waals surface area contributed by atoms with Crippen LogP contribution in [0.3, 0.4) is 0 Å². The van der Waals surface area contributed by atoms with Gasteiger partial charge in [-0.3, -0.25) is 0 Å². The maximum atomic E-state index is 6.68. The fourth-order valence-corrected chi connectivity index (χ4v) is 0.464. The van der Waals surface area contributed by atoms with Crippen molar-refractivity contribution in [3.8, 4) is 0 Å². The topological polar surface area (TPSA) is 23.9 Å². The van der Waals surface area contributed by atoms with Crippen molar-refractivity contribution in [3.63, 3.8) is 0 Å². The number of hydrogen-bond donors (Lipinski definition) is 1. The van der Waals surface area contributed by atoms with E-state index in [1.165, 1.54) is 6.21 Å². The van der Waals surface area contributed by atoms with Crippen LogP contribution >= 0.6 is 0 Å². The molecule has 1 N–H and O–H groups in total. The van der Waals surface area contributed by atoms with Gasteiger partial charge in [-0.15, -0.1) is 0 Å². The van der Waals surface area contributed by atoms with Crippen LogP contribution in [0.15, 0.2) is 12.2 Å². The van der Waals surface area contributed by atoms with E-state index in [1.807, 2.05) is 0 Å². The van der Waals surface area contributed by atoms with Gasteiger partial charge in [-0.2, -0.15) is 0 Å². The zero-order valence-corrected chi connectivity index (χ0v) is 5.35. The summed E-state index contributed by atoms with van der Waals surface area (Å²) in [6, 6.07) is 0. The number of nitrogens with one attached hydrogen (secondary N) is 1. The lowest BCUT2D eigenvalue weighted by Gasteiger charge is -1.80. The lowest BCUT2D eigenvalue weighted by atomic mass is 10.3. The Labute approximate surface area is 50.9 Å². The minimum Gasteiger partial charge on any atom is -0.313 e. The van der Waals surface area contributed by atoms with E-state index in [1.54, 1.807) is 0 Å². The van der Waals surface area contributed by atoms with Crippen molar-refractivity contribution in [3.05, 3.63) is 12.2 Å². The summed E-state index contributed by atoms with van der Waals surface area (Å²) in [6.07, 6.45) is 8.71. The maximum absolute atomic E-state index is 6.68. The van der Waals surface area contributed by atoms with Gasteiger partial charge in [-0.25, -0.2) is 0 Å². The SMILES string of the molecule is CC/C=C\CCC=N. The van der Waals surface area contributed by atoms with Crippen LogP contribution in [0.4, 0.5) is 0 Å². The average molecular weight is 111 g/mol. The van der Waals surface area contributed by atoms with Crippen molar-refractivity contribution in [1.29, 1.82) is 5.41 Å². The standard InChI is InChI=1S/C7H13N/c1-2-3-4-5-6-7-8/h3-4,7-8H,2,5-6H2,1H3/b4-3-,8-7?. The Morgan fingerprint density at radius 1 is 1.25 bits per heavy atom. The van der Waals surface area contributed by atoms with Crippen molar-refractivity contribution in [2.24, 2.45) is 0 Å². The highest BCUT2D eigenvalue weighted by Crippen LogP contribution is 1.88. The summed E-state index contributed by atoms with van der Waals surface area (Å²) in [4.78, 5) is 0. The molecule has 0 spiro atoms. The molecule has 8 heavy (non-hydrogen) atoms. The fourth-order valence-electron chi connectivity index (χ4n) is 0.464. The first-order valence-corrected chi connectivity index (χ1v) is 3.05. The van der Waals surface area contributed by atoms with Crippen molar-refractivity contribution in [1.82, 2.24) is 0 Å². The highest BCUT2D eigenvalue weighted by atomic mass is 14.3. The first-order chi connectivity index (χ1) is 3.91. The highest BCUT2D eigenvalue weighted by molar-refractivity contribution is 5.52. The van der Waals surface area contributed by atoms with Crippen LogP contribution < -0.4 is 0 Å². The number of unbranched alkanes of at least 4 members (excludes halogenated alkanes) is 1. The fraction of sp³-hybridized carbons (Fsp3) is 0.571. The molecule has 0 aromatic heterocycles. The van der Waals surface area contributed by atoms with Gasteiger partial charge in [-0.1, -0.05) is 19.1 Å². The Bertz CT molecular complexity index is 74.5. The molecule has 1 heteroatoms. The van der Waals surface area contributed by atoms with E-state index in [4.69, 9.17) is 5.41 Å². The normalized spacial score (nSPS) is 10.1. The van der Waals surface area contributed by atoms with Crippen LogP contribution in [0.25, 0.3) is 0 Å². The molecule has 0 aromatic rings. The molecule has 46 valence electrons. The highest BCUT2D eigenvalue weighted by Gasteiger charge is 1.71. The minimum atomic E-state index is 0.885. The average Bonchev–Trinajstić information content (AvgIpc) is 1.81. The van der Waals surface area contributed by atoms with Crippen LogP contribution in [0, 0.1) is 5.41 Å². The first-order valence-electron chi connectivity index (χ1n) is 3.05. The molecular weight excluding hydrogens is 98.1 g/mol. The van der Waals surface area contributed by atoms with E-state index in [9.17, 15) is 0 Å². The molecule has 0 heterocycles. The van der Waals surface area contributed by atoms with Gasteiger partial charge in [0, 0.05) is 0 Å². The summed E-state index contributed by atoms with van der Waals surface area (Å²) >= 11 is 0. The van der Waals surface area contributed by atoms with E-state index in [-0.39, 0.29) is 0 Å². The van der Waals surface area contributed by atoms with E-state index in [2.05, 4.69) is 19.1 Å². The number of rotatable bonds is 4. The summed E-state index contributed by atoms with van der Waals surface area (Å²) < 4.78 is 0. The van der Waals surface area contributed by atoms with Crippen LogP contribution in [0.5, 0.6) is 0 Å². The minimum absolute atomic E-state index is 0.885. The van der Waals surface area contributed by atoms with Gasteiger partial charge >= 0.3 is 0 Å². The Balaban J connectivity index is 2.90. The van der Waals surface area contributed by atoms with E-state index >= 15 is 0 Å². The molecule has 0 radical (unpaired) electrons. The predicted molar refractivity (Wildman–Crippen MR) is 37.4 cm³/mol. The smallest absolute Gasteiger partial charge is 0.00447 e. The summed E-state index contributed by atoms with van der Waals surface area (Å²) in [5.74, 6) is 0. The molecule has 0 amide bonds. The molecule has 0 unspecified atom stereocenters. The van der Waals surface area contributed by atoms with E-state index < -0.39 is 0 Å². The molecule has 1 nitrogen and oxygen atoms in total. The third-order valence-electron chi connectivity index (χ3n) is 0.880. The van der Waals surface area contributed by atoms with Gasteiger partial charge < -0.3 is 5.41 Å². The summed E-state index contributed by atoms with van der Waals surface area (Å²) in [6.45, 7) is 2.11. The second-order valence-corrected chi connectivity index (χ2v) is 1.66. The van der Waals surface area contributed by atoms with Gasteiger partial charge in [0.05, 0.1) is 0 Å². The predicted octanol–water partition coefficient (Wildman–Crippen LogP) is 2.38. The molecule has 0 aliphatic carbocycles. The molecule has 0 aliphatic heterocycles. The van der Waals surface area contributed by atoms with Crippen LogP contribution in [0.2, 0.25) is 0 Å². The Morgan fingerprint density at radius 2 is 2.00 bits per heavy atom. The number of hydrogen-bond acceptors (Lipinski definition) is 1. The van der Waals surface area contributed by atoms with Crippen molar-refractivity contribution in [2.75, 3.05) is 0 Å². The Morgan fingerprint density at radius 3 is 2.50 bits per heavy atom. The third kappa shape index (κ3) is 5.41. The van der Waals surface area contributed by atoms with Crippen LogP contribution in [0.1, 0.15) is 26.2 Å². The molecule has 0 bridgehead atoms. The quantitative estimate of drug-likeness (QED) is 0.327. The number of allylic oxidation sites excluding steroid dienone is 2. The lowest BCUT2D eigenvalue weighted by Crippen LogP contribution is -1.68. The van der Waals surface area contributed by atoms with Gasteiger partial charge in [-0.05, 0) is 25.5 Å². The Hall–Kier alpha value is -0.590. The van der Waals surface area contributed by atoms with Crippen molar-refractivity contribution in [2.45, 2.75) is 26.2 Å². The van der Waals surface area contributed by atoms with Gasteiger partial charge in [0.1, 0.15) is 0 Å². The van der Waals surface area contributed by atoms with Gasteiger partial charge in [0.25, 0.3) is 0 Å². The molecular formula is C7H13N. The first kappa shape index (κ1) is 7.41. The zero-order valence-electron chi connectivity index (χ0n) is 5.35. The van der Waals surface area contributed by atoms with Gasteiger partial charge in [0.15, 0.2) is 0 Å². The molecule has 0 aromatic carbocycles. The van der Waals surface area contributed by atoms with Crippen molar-refractivity contribution >= 4 is 6.21 Å². The summed E-state index contributed by atoms with van der Waals surface area (Å²) in [7, 11) is 0. The second kappa shape index (κ2) is 6.41. The van der Waals surface area contributed by atoms with Crippen LogP contribution in [-0.2, 0) is 0 Å². The lowest BCUT2D eigenvalue weighted by molar-refractivity contribution is 1.08. The molecule has 0 saturated carbocycles. The molecule has 0 rings (SSSR count).